The Kier molecular flexibility index (Phi) is 4.20. The van der Waals surface area contributed by atoms with E-state index in [0.717, 1.165) is 24.2 Å². The molecular weight excluding hydrogens is 340 g/mol. The van der Waals surface area contributed by atoms with Gasteiger partial charge in [0.15, 0.2) is 5.69 Å². The number of hydrogen-bond acceptors (Lipinski definition) is 5. The van der Waals surface area contributed by atoms with Crippen LogP contribution in [0.15, 0.2) is 35.4 Å². The minimum atomic E-state index is -1.09. The summed E-state index contributed by atoms with van der Waals surface area (Å²) in [6, 6.07) is 8.11. The third-order valence-electron chi connectivity index (χ3n) is 4.84. The number of carbonyl (C=O) groups excluding carboxylic acids is 1. The van der Waals surface area contributed by atoms with E-state index in [2.05, 4.69) is 16.4 Å². The number of aromatic carboxylic acids is 1. The van der Waals surface area contributed by atoms with Crippen LogP contribution < -0.4 is 0 Å². The average Bonchev–Trinajstić information content (AvgIpc) is 3.30. The number of hydrogen-bond donors (Lipinski definition) is 1. The quantitative estimate of drug-likeness (QED) is 0.903. The Labute approximate surface area is 149 Å². The van der Waals surface area contributed by atoms with E-state index in [9.17, 15) is 9.59 Å². The van der Waals surface area contributed by atoms with Crippen molar-refractivity contribution >= 4 is 23.6 Å². The normalized spacial score (nSPS) is 22.6. The molecule has 0 spiro atoms. The molecule has 25 heavy (non-hydrogen) atoms. The molecule has 130 valence electrons. The Bertz CT molecular complexity index is 822. The molecule has 2 unspecified atom stereocenters. The fraction of sp³-hybridized carbons (Fsp3) is 0.412. The Morgan fingerprint density at radius 2 is 2.08 bits per heavy atom. The number of likely N-dealkylation sites (tertiary alicyclic amines) is 1. The molecule has 2 aromatic rings. The minimum absolute atomic E-state index is 0.0160. The highest BCUT2D eigenvalue weighted by molar-refractivity contribution is 7.99. The number of carboxylic acid groups (broad SMARTS) is 1. The molecule has 7 nitrogen and oxygen atoms in total. The highest BCUT2D eigenvalue weighted by atomic mass is 32.2. The molecule has 1 aromatic heterocycles. The lowest BCUT2D eigenvalue weighted by atomic mass is 9.94. The van der Waals surface area contributed by atoms with Crippen LogP contribution >= 0.6 is 11.8 Å². The molecule has 1 N–H and O–H groups in total. The van der Waals surface area contributed by atoms with E-state index >= 15 is 0 Å². The molecular formula is C17H18N4O3S. The maximum atomic E-state index is 13.0. The van der Waals surface area contributed by atoms with Crippen LogP contribution in [-0.2, 0) is 4.79 Å². The Balaban J connectivity index is 1.48. The van der Waals surface area contributed by atoms with E-state index < -0.39 is 5.97 Å². The van der Waals surface area contributed by atoms with Crippen LogP contribution in [0, 0.1) is 0 Å². The van der Waals surface area contributed by atoms with Gasteiger partial charge in [-0.2, -0.15) is 0 Å². The maximum absolute atomic E-state index is 13.0. The van der Waals surface area contributed by atoms with Crippen LogP contribution in [0.5, 0.6) is 0 Å². The Morgan fingerprint density at radius 3 is 2.88 bits per heavy atom. The molecule has 2 aliphatic heterocycles. The number of rotatable bonds is 3. The van der Waals surface area contributed by atoms with Gasteiger partial charge in [0.1, 0.15) is 0 Å². The second-order valence-corrected chi connectivity index (χ2v) is 7.48. The van der Waals surface area contributed by atoms with Gasteiger partial charge in [-0.25, -0.2) is 9.48 Å². The van der Waals surface area contributed by atoms with E-state index in [1.807, 2.05) is 23.1 Å². The molecule has 1 fully saturated rings. The van der Waals surface area contributed by atoms with Crippen molar-refractivity contribution in [1.29, 1.82) is 0 Å². The van der Waals surface area contributed by atoms with Gasteiger partial charge in [0.2, 0.25) is 5.91 Å². The third kappa shape index (κ3) is 3.02. The SMILES string of the molecule is O=C(O)c1cn(C2CCN(C(=O)C3CCSc4ccccc43)C2)nn1. The van der Waals surface area contributed by atoms with Crippen molar-refractivity contribution in [2.24, 2.45) is 0 Å². The van der Waals surface area contributed by atoms with Crippen LogP contribution in [0.25, 0.3) is 0 Å². The van der Waals surface area contributed by atoms with Gasteiger partial charge in [-0.15, -0.1) is 16.9 Å². The summed E-state index contributed by atoms with van der Waals surface area (Å²) in [4.78, 5) is 27.1. The number of nitrogens with zero attached hydrogens (tertiary/aromatic N) is 4. The number of amides is 1. The number of carbonyl (C=O) groups is 2. The molecule has 8 heteroatoms. The molecule has 2 atom stereocenters. The number of carboxylic acids is 1. The van der Waals surface area contributed by atoms with Crippen molar-refractivity contribution in [1.82, 2.24) is 19.9 Å². The fourth-order valence-corrected chi connectivity index (χ4v) is 4.66. The Morgan fingerprint density at radius 1 is 1.24 bits per heavy atom. The van der Waals surface area contributed by atoms with Crippen LogP contribution in [-0.4, -0.2) is 55.7 Å². The Hall–Kier alpha value is -2.35. The van der Waals surface area contributed by atoms with E-state index in [1.165, 1.54) is 11.1 Å². The largest absolute Gasteiger partial charge is 0.476 e. The zero-order valence-electron chi connectivity index (χ0n) is 13.5. The smallest absolute Gasteiger partial charge is 0.358 e. The van der Waals surface area contributed by atoms with Gasteiger partial charge in [0.25, 0.3) is 0 Å². The molecule has 0 saturated carbocycles. The number of thioether (sulfide) groups is 1. The summed E-state index contributed by atoms with van der Waals surface area (Å²) in [5.74, 6) is -0.0562. The summed E-state index contributed by atoms with van der Waals surface area (Å²) in [6.45, 7) is 1.21. The van der Waals surface area contributed by atoms with Crippen molar-refractivity contribution in [2.45, 2.75) is 29.7 Å². The van der Waals surface area contributed by atoms with E-state index in [0.29, 0.717) is 13.1 Å². The fourth-order valence-electron chi connectivity index (χ4n) is 3.53. The number of aromatic nitrogens is 3. The zero-order chi connectivity index (χ0) is 17.4. The van der Waals surface area contributed by atoms with Gasteiger partial charge < -0.3 is 10.0 Å². The summed E-state index contributed by atoms with van der Waals surface area (Å²) in [6.07, 6.45) is 3.05. The van der Waals surface area contributed by atoms with Crippen LogP contribution in [0.2, 0.25) is 0 Å². The van der Waals surface area contributed by atoms with Crippen molar-refractivity contribution < 1.29 is 14.7 Å². The first-order chi connectivity index (χ1) is 12.1. The first-order valence-electron chi connectivity index (χ1n) is 8.29. The molecule has 1 aromatic carbocycles. The zero-order valence-corrected chi connectivity index (χ0v) is 14.4. The molecule has 0 bridgehead atoms. The lowest BCUT2D eigenvalue weighted by molar-refractivity contribution is -0.132. The second kappa shape index (κ2) is 6.51. The van der Waals surface area contributed by atoms with Gasteiger partial charge in [-0.05, 0) is 30.2 Å². The topological polar surface area (TPSA) is 88.3 Å². The molecule has 1 saturated heterocycles. The summed E-state index contributed by atoms with van der Waals surface area (Å²) < 4.78 is 1.57. The highest BCUT2D eigenvalue weighted by Gasteiger charge is 2.35. The van der Waals surface area contributed by atoms with Gasteiger partial charge in [-0.3, -0.25) is 4.79 Å². The maximum Gasteiger partial charge on any atom is 0.358 e. The van der Waals surface area contributed by atoms with E-state index in [4.69, 9.17) is 5.11 Å². The van der Waals surface area contributed by atoms with Crippen molar-refractivity contribution in [3.63, 3.8) is 0 Å². The lowest BCUT2D eigenvalue weighted by Crippen LogP contribution is -2.35. The molecule has 1 amide bonds. The van der Waals surface area contributed by atoms with Crippen molar-refractivity contribution in [2.75, 3.05) is 18.8 Å². The summed E-state index contributed by atoms with van der Waals surface area (Å²) >= 11 is 1.81. The minimum Gasteiger partial charge on any atom is -0.476 e. The first kappa shape index (κ1) is 16.1. The second-order valence-electron chi connectivity index (χ2n) is 6.34. The van der Waals surface area contributed by atoms with Gasteiger partial charge >= 0.3 is 5.97 Å². The predicted molar refractivity (Wildman–Crippen MR) is 91.7 cm³/mol. The summed E-state index contributed by atoms with van der Waals surface area (Å²) in [5.41, 5.74) is 1.06. The summed E-state index contributed by atoms with van der Waals surface area (Å²) in [7, 11) is 0. The van der Waals surface area contributed by atoms with Crippen LogP contribution in [0.4, 0.5) is 0 Å². The van der Waals surface area contributed by atoms with Crippen molar-refractivity contribution in [3.05, 3.63) is 41.7 Å². The van der Waals surface area contributed by atoms with Gasteiger partial charge in [0, 0.05) is 18.0 Å². The summed E-state index contributed by atoms with van der Waals surface area (Å²) in [5, 5.41) is 16.5. The molecule has 2 aliphatic rings. The van der Waals surface area contributed by atoms with Gasteiger partial charge in [0.05, 0.1) is 18.2 Å². The molecule has 0 aliphatic carbocycles. The molecule has 0 radical (unpaired) electrons. The lowest BCUT2D eigenvalue weighted by Gasteiger charge is -2.28. The standard InChI is InChI=1S/C17H18N4O3S/c22-16(13-6-8-25-15-4-2-1-3-12(13)15)20-7-5-11(9-20)21-10-14(17(23)24)18-19-21/h1-4,10-11,13H,5-9H2,(H,23,24). The predicted octanol–water partition coefficient (Wildman–Crippen LogP) is 2.03. The number of benzene rings is 1. The highest BCUT2D eigenvalue weighted by Crippen LogP contribution is 2.39. The first-order valence-corrected chi connectivity index (χ1v) is 9.27. The third-order valence-corrected chi connectivity index (χ3v) is 5.96. The van der Waals surface area contributed by atoms with E-state index in [1.54, 1.807) is 16.4 Å². The molecule has 3 heterocycles. The molecule has 4 rings (SSSR count). The van der Waals surface area contributed by atoms with Crippen molar-refractivity contribution in [3.8, 4) is 0 Å². The monoisotopic (exact) mass is 358 g/mol. The number of fused-ring (bicyclic) bond motifs is 1. The van der Waals surface area contributed by atoms with E-state index in [-0.39, 0.29) is 23.6 Å². The average molecular weight is 358 g/mol. The van der Waals surface area contributed by atoms with Crippen LogP contribution in [0.1, 0.15) is 40.9 Å². The van der Waals surface area contributed by atoms with Crippen LogP contribution in [0.3, 0.4) is 0 Å². The van der Waals surface area contributed by atoms with Gasteiger partial charge in [-0.1, -0.05) is 23.4 Å².